The Balaban J connectivity index is 1.73. The Bertz CT molecular complexity index is 1140. The topological polar surface area (TPSA) is 83.3 Å². The van der Waals surface area contributed by atoms with E-state index in [1.807, 2.05) is 26.0 Å². The number of aryl methyl sites for hydroxylation is 2. The molecule has 1 aromatic heterocycles. The lowest BCUT2D eigenvalue weighted by atomic mass is 10.0. The van der Waals surface area contributed by atoms with Gasteiger partial charge in [-0.25, -0.2) is 4.39 Å². The van der Waals surface area contributed by atoms with Crippen LogP contribution in [0.15, 0.2) is 36.4 Å². The minimum Gasteiger partial charge on any atom is -0.378 e. The molecular weight excluding hydrogens is 397 g/mol. The van der Waals surface area contributed by atoms with Gasteiger partial charge in [0.2, 0.25) is 0 Å². The molecule has 7 nitrogen and oxygen atoms in total. The number of hydrogen-bond acceptors (Lipinski definition) is 6. The summed E-state index contributed by atoms with van der Waals surface area (Å²) >= 11 is 0. The van der Waals surface area contributed by atoms with Crippen LogP contribution >= 0.6 is 0 Å². The van der Waals surface area contributed by atoms with Crippen molar-refractivity contribution in [1.29, 1.82) is 0 Å². The van der Waals surface area contributed by atoms with Crippen molar-refractivity contribution < 1.29 is 9.31 Å². The van der Waals surface area contributed by atoms with Crippen LogP contribution in [0.1, 0.15) is 29.8 Å². The fourth-order valence-corrected chi connectivity index (χ4v) is 4.09. The molecule has 162 valence electrons. The Morgan fingerprint density at radius 2 is 1.94 bits per heavy atom. The minimum atomic E-state index is -0.492. The van der Waals surface area contributed by atoms with Gasteiger partial charge in [-0.3, -0.25) is 15.1 Å². The van der Waals surface area contributed by atoms with Gasteiger partial charge in [-0.2, -0.15) is 0 Å². The normalized spacial score (nSPS) is 15.2. The lowest BCUT2D eigenvalue weighted by Gasteiger charge is -2.30. The Morgan fingerprint density at radius 1 is 1.19 bits per heavy atom. The van der Waals surface area contributed by atoms with Gasteiger partial charge in [0.15, 0.2) is 0 Å². The van der Waals surface area contributed by atoms with Crippen LogP contribution in [0, 0.1) is 29.8 Å². The van der Waals surface area contributed by atoms with Gasteiger partial charge >= 0.3 is 0 Å². The number of halogens is 1. The van der Waals surface area contributed by atoms with E-state index < -0.39 is 16.8 Å². The molecule has 0 amide bonds. The molecule has 0 aliphatic carbocycles. The zero-order valence-electron chi connectivity index (χ0n) is 17.9. The summed E-state index contributed by atoms with van der Waals surface area (Å²) in [6.07, 6.45) is 0. The second kappa shape index (κ2) is 8.47. The molecular formula is C23H26FN5O2. The number of pyridine rings is 1. The van der Waals surface area contributed by atoms with Crippen LogP contribution in [-0.2, 0) is 0 Å². The van der Waals surface area contributed by atoms with E-state index >= 15 is 0 Å². The lowest BCUT2D eigenvalue weighted by molar-refractivity contribution is -0.385. The molecule has 31 heavy (non-hydrogen) atoms. The Morgan fingerprint density at radius 3 is 2.65 bits per heavy atom. The number of benzene rings is 2. The molecule has 1 aliphatic rings. The maximum absolute atomic E-state index is 14.8. The molecule has 4 rings (SSSR count). The predicted octanol–water partition coefficient (Wildman–Crippen LogP) is 4.48. The van der Waals surface area contributed by atoms with E-state index in [4.69, 9.17) is 0 Å². The molecule has 2 heterocycles. The monoisotopic (exact) mass is 423 g/mol. The first-order valence-electron chi connectivity index (χ1n) is 10.4. The molecule has 1 fully saturated rings. The second-order valence-electron chi connectivity index (χ2n) is 8.04. The Kier molecular flexibility index (Phi) is 5.73. The van der Waals surface area contributed by atoms with Gasteiger partial charge in [0.05, 0.1) is 16.5 Å². The molecule has 3 aromatic rings. The summed E-state index contributed by atoms with van der Waals surface area (Å²) in [7, 11) is 0. The second-order valence-corrected chi connectivity index (χ2v) is 8.04. The van der Waals surface area contributed by atoms with E-state index in [9.17, 15) is 14.5 Å². The molecule has 0 radical (unpaired) electrons. The molecule has 2 N–H and O–H groups in total. The molecule has 1 atom stereocenters. The first-order chi connectivity index (χ1) is 14.8. The van der Waals surface area contributed by atoms with Gasteiger partial charge in [-0.15, -0.1) is 0 Å². The van der Waals surface area contributed by atoms with Crippen molar-refractivity contribution in [2.45, 2.75) is 26.8 Å². The maximum atomic E-state index is 14.8. The van der Waals surface area contributed by atoms with Crippen molar-refractivity contribution in [2.75, 3.05) is 36.4 Å². The number of piperazine rings is 1. The van der Waals surface area contributed by atoms with Crippen LogP contribution in [0.3, 0.4) is 0 Å². The number of hydrogen-bond donors (Lipinski definition) is 2. The third kappa shape index (κ3) is 4.29. The van der Waals surface area contributed by atoms with E-state index in [1.165, 1.54) is 12.1 Å². The number of fused-ring (bicyclic) bond motifs is 1. The van der Waals surface area contributed by atoms with Gasteiger partial charge < -0.3 is 15.5 Å². The van der Waals surface area contributed by atoms with E-state index in [0.29, 0.717) is 0 Å². The lowest BCUT2D eigenvalue weighted by Crippen LogP contribution is -2.43. The van der Waals surface area contributed by atoms with Crippen molar-refractivity contribution in [3.63, 3.8) is 0 Å². The number of nitrogens with one attached hydrogen (secondary N) is 2. The van der Waals surface area contributed by atoms with Gasteiger partial charge in [-0.1, -0.05) is 0 Å². The highest BCUT2D eigenvalue weighted by atomic mass is 19.1. The molecule has 1 saturated heterocycles. The van der Waals surface area contributed by atoms with Gasteiger partial charge in [-0.05, 0) is 50.6 Å². The fourth-order valence-electron chi connectivity index (χ4n) is 4.09. The zero-order valence-corrected chi connectivity index (χ0v) is 17.9. The highest BCUT2D eigenvalue weighted by Gasteiger charge is 2.20. The van der Waals surface area contributed by atoms with Gasteiger partial charge in [0, 0.05) is 66.3 Å². The van der Waals surface area contributed by atoms with Crippen molar-refractivity contribution in [2.24, 2.45) is 0 Å². The van der Waals surface area contributed by atoms with Crippen LogP contribution in [-0.4, -0.2) is 36.1 Å². The largest absolute Gasteiger partial charge is 0.378 e. The summed E-state index contributed by atoms with van der Waals surface area (Å²) in [5.74, 6) is -0.429. The first-order valence-corrected chi connectivity index (χ1v) is 10.4. The van der Waals surface area contributed by atoms with E-state index in [-0.39, 0.29) is 16.8 Å². The summed E-state index contributed by atoms with van der Waals surface area (Å²) in [6.45, 7) is 9.02. The van der Waals surface area contributed by atoms with Gasteiger partial charge in [0.1, 0.15) is 5.82 Å². The van der Waals surface area contributed by atoms with Crippen LogP contribution in [0.25, 0.3) is 10.9 Å². The Labute approximate surface area is 180 Å². The SMILES string of the molecule is Cc1cc(NC(C)c2cc([N+](=O)[O-])cc(C)c2F)c2cc(N3CCNCC3)ccc2n1. The molecule has 8 heteroatoms. The molecule has 0 saturated carbocycles. The van der Waals surface area contributed by atoms with Crippen LogP contribution in [0.4, 0.5) is 21.5 Å². The number of non-ortho nitro benzene ring substituents is 1. The summed E-state index contributed by atoms with van der Waals surface area (Å²) in [5.41, 5.74) is 4.06. The number of anilines is 2. The van der Waals surface area contributed by atoms with E-state index in [1.54, 1.807) is 6.92 Å². The summed E-state index contributed by atoms with van der Waals surface area (Å²) in [4.78, 5) is 17.7. The number of nitro benzene ring substituents is 1. The predicted molar refractivity (Wildman–Crippen MR) is 121 cm³/mol. The third-order valence-corrected chi connectivity index (χ3v) is 5.72. The smallest absolute Gasteiger partial charge is 0.270 e. The van der Waals surface area contributed by atoms with E-state index in [2.05, 4.69) is 32.7 Å². The average molecular weight is 423 g/mol. The highest BCUT2D eigenvalue weighted by Crippen LogP contribution is 2.33. The third-order valence-electron chi connectivity index (χ3n) is 5.72. The van der Waals surface area contributed by atoms with Crippen LogP contribution < -0.4 is 15.5 Å². The minimum absolute atomic E-state index is 0.112. The zero-order chi connectivity index (χ0) is 22.1. The standard InChI is InChI=1S/C23H26FN5O2/c1-14-10-18(29(30)31)13-19(23(14)24)16(3)27-22-11-15(2)26-21-5-4-17(12-20(21)22)28-8-6-25-7-9-28/h4-5,10-13,16,25H,6-9H2,1-3H3,(H,26,27). The quantitative estimate of drug-likeness (QED) is 0.465. The van der Waals surface area contributed by atoms with Gasteiger partial charge in [0.25, 0.3) is 5.69 Å². The number of aromatic nitrogens is 1. The fraction of sp³-hybridized carbons (Fsp3) is 0.348. The van der Waals surface area contributed by atoms with Crippen molar-refractivity contribution in [3.05, 3.63) is 69.2 Å². The number of nitrogens with zero attached hydrogens (tertiary/aromatic N) is 3. The van der Waals surface area contributed by atoms with Crippen molar-refractivity contribution >= 4 is 28.0 Å². The molecule has 1 unspecified atom stereocenters. The number of nitro groups is 1. The summed E-state index contributed by atoms with van der Waals surface area (Å²) < 4.78 is 14.8. The summed E-state index contributed by atoms with van der Waals surface area (Å²) in [6, 6.07) is 10.2. The number of rotatable bonds is 5. The maximum Gasteiger partial charge on any atom is 0.270 e. The molecule has 0 bridgehead atoms. The van der Waals surface area contributed by atoms with Crippen molar-refractivity contribution in [1.82, 2.24) is 10.3 Å². The summed E-state index contributed by atoms with van der Waals surface area (Å²) in [5, 5.41) is 18.9. The van der Waals surface area contributed by atoms with E-state index in [0.717, 1.165) is 54.2 Å². The molecule has 0 spiro atoms. The van der Waals surface area contributed by atoms with Crippen LogP contribution in [0.5, 0.6) is 0 Å². The van der Waals surface area contributed by atoms with Crippen LogP contribution in [0.2, 0.25) is 0 Å². The first kappa shape index (κ1) is 21.0. The van der Waals surface area contributed by atoms with Crippen molar-refractivity contribution in [3.8, 4) is 0 Å². The molecule has 1 aliphatic heterocycles. The molecule has 2 aromatic carbocycles. The highest BCUT2D eigenvalue weighted by molar-refractivity contribution is 5.94. The Hall–Kier alpha value is -3.26. The average Bonchev–Trinajstić information content (AvgIpc) is 2.75.